The Hall–Kier alpha value is -2.94. The summed E-state index contributed by atoms with van der Waals surface area (Å²) < 4.78 is 28.2. The number of aryl methyl sites for hydroxylation is 1. The van der Waals surface area contributed by atoms with Gasteiger partial charge in [-0.15, -0.1) is 5.69 Å². The highest BCUT2D eigenvalue weighted by Gasteiger charge is 2.10. The van der Waals surface area contributed by atoms with Gasteiger partial charge in [0.25, 0.3) is 5.69 Å². The van der Waals surface area contributed by atoms with E-state index in [0.29, 0.717) is 11.3 Å². The molecule has 0 atom stereocenters. The Morgan fingerprint density at radius 1 is 1.17 bits per heavy atom. The van der Waals surface area contributed by atoms with Crippen LogP contribution in [-0.2, 0) is 14.8 Å². The minimum Gasteiger partial charge on any atom is -0.573 e. The Morgan fingerprint density at radius 2 is 1.79 bits per heavy atom. The molecule has 0 bridgehead atoms. The number of nitrogens with one attached hydrogen (secondary N) is 1. The minimum absolute atomic E-state index is 0.0294. The van der Waals surface area contributed by atoms with Gasteiger partial charge in [-0.05, 0) is 31.2 Å². The molecule has 2 aromatic rings. The first-order valence-electron chi connectivity index (χ1n) is 6.80. The number of hydrogen-bond acceptors (Lipinski definition) is 5. The summed E-state index contributed by atoms with van der Waals surface area (Å²) in [5, 5.41) is 13.4. The van der Waals surface area contributed by atoms with E-state index in [2.05, 4.69) is 10.0 Å². The molecule has 2 aromatic carbocycles. The average Bonchev–Trinajstić information content (AvgIpc) is 2.48. The molecule has 126 valence electrons. The molecule has 0 fully saturated rings. The van der Waals surface area contributed by atoms with Gasteiger partial charge in [0.1, 0.15) is 10.0 Å². The van der Waals surface area contributed by atoms with Crippen molar-refractivity contribution in [1.29, 1.82) is 0 Å². The van der Waals surface area contributed by atoms with Gasteiger partial charge < -0.3 is 10.0 Å². The van der Waals surface area contributed by atoms with E-state index in [1.165, 1.54) is 43.3 Å². The molecule has 8 nitrogen and oxygen atoms in total. The SMILES string of the molecule is CC(=O)Nc1ccc(S(=O)(=O)[N-]c2ccc(C)c([N+](=O)[O-])c2)cc1. The number of benzene rings is 2. The van der Waals surface area contributed by atoms with Gasteiger partial charge >= 0.3 is 0 Å². The van der Waals surface area contributed by atoms with Gasteiger partial charge in [-0.2, -0.15) is 0 Å². The molecular weight excluding hydrogens is 334 g/mol. The first-order valence-corrected chi connectivity index (χ1v) is 8.24. The fourth-order valence-electron chi connectivity index (χ4n) is 1.96. The third-order valence-corrected chi connectivity index (χ3v) is 4.41. The fraction of sp³-hybridized carbons (Fsp3) is 0.133. The van der Waals surface area contributed by atoms with Gasteiger partial charge in [-0.1, -0.05) is 12.1 Å². The Kier molecular flexibility index (Phi) is 4.84. The monoisotopic (exact) mass is 348 g/mol. The lowest BCUT2D eigenvalue weighted by molar-refractivity contribution is -0.385. The van der Waals surface area contributed by atoms with Gasteiger partial charge in [0.2, 0.25) is 5.91 Å². The van der Waals surface area contributed by atoms with Crippen LogP contribution in [0.15, 0.2) is 47.4 Å². The summed E-state index contributed by atoms with van der Waals surface area (Å²) in [7, 11) is -4.02. The highest BCUT2D eigenvalue weighted by atomic mass is 32.2. The molecular formula is C15H14N3O5S-. The second kappa shape index (κ2) is 6.67. The van der Waals surface area contributed by atoms with E-state index >= 15 is 0 Å². The molecule has 0 saturated carbocycles. The Balaban J connectivity index is 2.27. The van der Waals surface area contributed by atoms with E-state index in [9.17, 15) is 23.3 Å². The summed E-state index contributed by atoms with van der Waals surface area (Å²) in [6.07, 6.45) is 0. The zero-order valence-electron chi connectivity index (χ0n) is 12.9. The molecule has 0 unspecified atom stereocenters. The van der Waals surface area contributed by atoms with Crippen molar-refractivity contribution in [2.75, 3.05) is 5.32 Å². The van der Waals surface area contributed by atoms with Crippen molar-refractivity contribution < 1.29 is 18.1 Å². The molecule has 0 aliphatic rings. The van der Waals surface area contributed by atoms with E-state index in [1.54, 1.807) is 6.92 Å². The number of anilines is 1. The van der Waals surface area contributed by atoms with Crippen LogP contribution < -0.4 is 5.32 Å². The smallest absolute Gasteiger partial charge is 0.271 e. The van der Waals surface area contributed by atoms with Crippen molar-refractivity contribution in [2.45, 2.75) is 18.7 Å². The van der Waals surface area contributed by atoms with Gasteiger partial charge in [0.05, 0.1) is 9.82 Å². The Labute approximate surface area is 138 Å². The summed E-state index contributed by atoms with van der Waals surface area (Å²) in [5.74, 6) is -0.276. The van der Waals surface area contributed by atoms with E-state index < -0.39 is 14.9 Å². The number of hydrogen-bond donors (Lipinski definition) is 1. The number of carbonyl (C=O) groups is 1. The predicted octanol–water partition coefficient (Wildman–Crippen LogP) is 3.26. The van der Waals surface area contributed by atoms with Gasteiger partial charge in [-0.3, -0.25) is 14.9 Å². The van der Waals surface area contributed by atoms with Crippen molar-refractivity contribution >= 4 is 33.0 Å². The molecule has 0 heterocycles. The maximum atomic E-state index is 12.3. The molecule has 2 rings (SSSR count). The predicted molar refractivity (Wildman–Crippen MR) is 88.8 cm³/mol. The third-order valence-electron chi connectivity index (χ3n) is 3.09. The van der Waals surface area contributed by atoms with Crippen molar-refractivity contribution in [3.63, 3.8) is 0 Å². The number of nitro benzene ring substituents is 1. The maximum absolute atomic E-state index is 12.3. The first kappa shape index (κ1) is 17.4. The Morgan fingerprint density at radius 3 is 2.33 bits per heavy atom. The van der Waals surface area contributed by atoms with Crippen LogP contribution in [0.5, 0.6) is 0 Å². The number of carbonyl (C=O) groups excluding carboxylic acids is 1. The average molecular weight is 348 g/mol. The molecule has 1 N–H and O–H groups in total. The molecule has 0 spiro atoms. The van der Waals surface area contributed by atoms with Crippen molar-refractivity contribution in [1.82, 2.24) is 0 Å². The molecule has 0 aliphatic carbocycles. The topological polar surface area (TPSA) is 120 Å². The van der Waals surface area contributed by atoms with Crippen LogP contribution in [0.4, 0.5) is 17.1 Å². The lowest BCUT2D eigenvalue weighted by Crippen LogP contribution is -2.06. The summed E-state index contributed by atoms with van der Waals surface area (Å²) in [6.45, 7) is 2.89. The third kappa shape index (κ3) is 4.07. The quantitative estimate of drug-likeness (QED) is 0.656. The first-order chi connectivity index (χ1) is 11.2. The normalized spacial score (nSPS) is 10.9. The molecule has 1 amide bonds. The zero-order chi connectivity index (χ0) is 17.9. The van der Waals surface area contributed by atoms with Crippen molar-refractivity contribution in [2.24, 2.45) is 0 Å². The molecule has 0 aromatic heterocycles. The fourth-order valence-corrected chi connectivity index (χ4v) is 2.93. The van der Waals surface area contributed by atoms with Crippen LogP contribution in [-0.4, -0.2) is 19.2 Å². The summed E-state index contributed by atoms with van der Waals surface area (Å²) in [6, 6.07) is 9.40. The van der Waals surface area contributed by atoms with Crippen LogP contribution >= 0.6 is 0 Å². The molecule has 0 saturated heterocycles. The van der Waals surface area contributed by atoms with E-state index in [1.807, 2.05) is 0 Å². The number of sulfonamides is 1. The standard InChI is InChI=1S/C15H14N3O5S/c1-10-3-4-13(9-15(10)18(20)21)17-24(22,23)14-7-5-12(6-8-14)16-11(2)19/h3-9H,1-2H3,(H,16,19)/q-1. The maximum Gasteiger partial charge on any atom is 0.271 e. The minimum atomic E-state index is -4.02. The summed E-state index contributed by atoms with van der Waals surface area (Å²) in [4.78, 5) is 21.2. The number of nitrogens with zero attached hydrogens (tertiary/aromatic N) is 2. The summed E-state index contributed by atoms with van der Waals surface area (Å²) in [5.41, 5.74) is 0.633. The van der Waals surface area contributed by atoms with Crippen LogP contribution in [0.25, 0.3) is 4.72 Å². The van der Waals surface area contributed by atoms with Crippen LogP contribution in [0.3, 0.4) is 0 Å². The lowest BCUT2D eigenvalue weighted by Gasteiger charge is -2.22. The largest absolute Gasteiger partial charge is 0.573 e. The number of nitro groups is 1. The van der Waals surface area contributed by atoms with Crippen LogP contribution in [0, 0.1) is 17.0 Å². The van der Waals surface area contributed by atoms with E-state index in [4.69, 9.17) is 0 Å². The number of amides is 1. The highest BCUT2D eigenvalue weighted by Crippen LogP contribution is 2.32. The van der Waals surface area contributed by atoms with Crippen molar-refractivity contribution in [3.05, 3.63) is 62.9 Å². The van der Waals surface area contributed by atoms with Crippen molar-refractivity contribution in [3.8, 4) is 0 Å². The van der Waals surface area contributed by atoms with Crippen LogP contribution in [0.2, 0.25) is 0 Å². The second-order valence-corrected chi connectivity index (χ2v) is 6.60. The van der Waals surface area contributed by atoms with E-state index in [-0.39, 0.29) is 22.2 Å². The zero-order valence-corrected chi connectivity index (χ0v) is 13.7. The van der Waals surface area contributed by atoms with E-state index in [0.717, 1.165) is 6.07 Å². The molecule has 0 radical (unpaired) electrons. The van der Waals surface area contributed by atoms with Gasteiger partial charge in [0.15, 0.2) is 0 Å². The Bertz CT molecular complexity index is 892. The van der Waals surface area contributed by atoms with Gasteiger partial charge in [0, 0.05) is 24.2 Å². The molecule has 9 heteroatoms. The highest BCUT2D eigenvalue weighted by molar-refractivity contribution is 7.94. The summed E-state index contributed by atoms with van der Waals surface area (Å²) >= 11 is 0. The van der Waals surface area contributed by atoms with Gasteiger partial charge in [-0.25, -0.2) is 8.42 Å². The van der Waals surface area contributed by atoms with Crippen LogP contribution in [0.1, 0.15) is 12.5 Å². The second-order valence-electron chi connectivity index (χ2n) is 5.00. The lowest BCUT2D eigenvalue weighted by atomic mass is 10.2. The number of rotatable bonds is 5. The molecule has 0 aliphatic heterocycles. The molecule has 24 heavy (non-hydrogen) atoms.